The fourth-order valence-corrected chi connectivity index (χ4v) is 3.64. The van der Waals surface area contributed by atoms with Gasteiger partial charge in [0.1, 0.15) is 24.5 Å². The molecule has 188 valence electrons. The molecule has 1 heterocycles. The molecule has 6 atom stereocenters. The lowest BCUT2D eigenvalue weighted by Crippen LogP contribution is -2.67. The third-order valence-corrected chi connectivity index (χ3v) is 5.38. The molecule has 1 saturated heterocycles. The Morgan fingerprint density at radius 2 is 1.53 bits per heavy atom. The first-order valence-corrected chi connectivity index (χ1v) is 11.2. The number of hydrogen-bond acceptors (Lipinski definition) is 9. The molecule has 1 amide bonds. The van der Waals surface area contributed by atoms with Crippen molar-refractivity contribution in [3.63, 3.8) is 0 Å². The zero-order valence-corrected chi connectivity index (χ0v) is 20.4. The molecule has 0 spiro atoms. The molecule has 1 N–H and O–H groups in total. The molecular formula is C24H33NO9. The first kappa shape index (κ1) is 27.1. The van der Waals surface area contributed by atoms with E-state index in [4.69, 9.17) is 23.7 Å². The third kappa shape index (κ3) is 7.72. The van der Waals surface area contributed by atoms with Gasteiger partial charge >= 0.3 is 17.9 Å². The zero-order valence-electron chi connectivity index (χ0n) is 20.4. The van der Waals surface area contributed by atoms with Gasteiger partial charge in [0.15, 0.2) is 12.2 Å². The minimum absolute atomic E-state index is 0.287. The average Bonchev–Trinajstić information content (AvgIpc) is 2.75. The van der Waals surface area contributed by atoms with Crippen molar-refractivity contribution in [1.29, 1.82) is 0 Å². The second-order valence-corrected chi connectivity index (χ2v) is 8.22. The summed E-state index contributed by atoms with van der Waals surface area (Å²) >= 11 is 0. The molecular weight excluding hydrogens is 446 g/mol. The van der Waals surface area contributed by atoms with Crippen molar-refractivity contribution in [2.45, 2.75) is 84.5 Å². The Kier molecular flexibility index (Phi) is 9.85. The molecule has 1 aliphatic rings. The summed E-state index contributed by atoms with van der Waals surface area (Å²) in [6.45, 7) is 8.81. The lowest BCUT2D eigenvalue weighted by atomic mass is 9.96. The Bertz CT molecular complexity index is 870. The van der Waals surface area contributed by atoms with Crippen LogP contribution in [0.5, 0.6) is 5.75 Å². The molecule has 10 nitrogen and oxygen atoms in total. The molecule has 1 fully saturated rings. The first-order valence-electron chi connectivity index (χ1n) is 11.2. The van der Waals surface area contributed by atoms with Crippen LogP contribution >= 0.6 is 0 Å². The topological polar surface area (TPSA) is 126 Å². The summed E-state index contributed by atoms with van der Waals surface area (Å²) in [5, 5.41) is 2.67. The van der Waals surface area contributed by atoms with Crippen molar-refractivity contribution in [2.75, 3.05) is 6.61 Å². The van der Waals surface area contributed by atoms with Crippen LogP contribution in [0, 0.1) is 0 Å². The van der Waals surface area contributed by atoms with Gasteiger partial charge in [-0.1, -0.05) is 26.0 Å². The summed E-state index contributed by atoms with van der Waals surface area (Å²) in [4.78, 5) is 47.1. The molecule has 0 saturated carbocycles. The average molecular weight is 480 g/mol. The molecule has 1 aromatic carbocycles. The van der Waals surface area contributed by atoms with E-state index in [9.17, 15) is 19.2 Å². The smallest absolute Gasteiger partial charge is 0.303 e. The molecule has 10 heteroatoms. The summed E-state index contributed by atoms with van der Waals surface area (Å²) < 4.78 is 27.9. The molecule has 1 aromatic rings. The fraction of sp³-hybridized carbons (Fsp3) is 0.583. The summed E-state index contributed by atoms with van der Waals surface area (Å²) in [5.41, 5.74) is 1.14. The largest absolute Gasteiger partial charge is 0.463 e. The minimum atomic E-state index is -1.16. The molecule has 0 aliphatic carbocycles. The summed E-state index contributed by atoms with van der Waals surface area (Å²) in [6, 6.07) is 6.39. The van der Waals surface area contributed by atoms with Crippen LogP contribution in [0.2, 0.25) is 0 Å². The Morgan fingerprint density at radius 1 is 0.941 bits per heavy atom. The standard InChI is InChI=1S/C24H33NO9/c1-7-13(2)18-8-10-19(11-9-18)33-24-21(25-14(3)26)23(32-17(6)29)22(31-16(5)28)20(34-24)12-30-15(4)27/h8-11,13,20-24H,7,12H2,1-6H3,(H,25,26)/t13-,20-,21+,22+,23-,24-/m0/s1. The Morgan fingerprint density at radius 3 is 2.03 bits per heavy atom. The highest BCUT2D eigenvalue weighted by Gasteiger charge is 2.51. The van der Waals surface area contributed by atoms with Gasteiger partial charge in [-0.3, -0.25) is 19.2 Å². The van der Waals surface area contributed by atoms with Crippen LogP contribution in [0.15, 0.2) is 24.3 Å². The Labute approximate surface area is 199 Å². The highest BCUT2D eigenvalue weighted by Crippen LogP contribution is 2.30. The molecule has 34 heavy (non-hydrogen) atoms. The summed E-state index contributed by atoms with van der Waals surface area (Å²) in [6.07, 6.45) is -3.51. The number of hydrogen-bond donors (Lipinski definition) is 1. The van der Waals surface area contributed by atoms with Crippen LogP contribution in [0.4, 0.5) is 0 Å². The molecule has 0 bridgehead atoms. The number of carbonyl (C=O) groups excluding carboxylic acids is 4. The first-order chi connectivity index (χ1) is 16.0. The number of nitrogens with one attached hydrogen (secondary N) is 1. The van der Waals surface area contributed by atoms with Gasteiger partial charge in [0.05, 0.1) is 0 Å². The highest BCUT2D eigenvalue weighted by molar-refractivity contribution is 5.73. The van der Waals surface area contributed by atoms with Crippen LogP contribution in [0.1, 0.15) is 59.4 Å². The second-order valence-electron chi connectivity index (χ2n) is 8.22. The van der Waals surface area contributed by atoms with Crippen molar-refractivity contribution >= 4 is 23.8 Å². The number of benzene rings is 1. The maximum atomic E-state index is 12.0. The van der Waals surface area contributed by atoms with E-state index in [-0.39, 0.29) is 6.61 Å². The van der Waals surface area contributed by atoms with Crippen LogP contribution < -0.4 is 10.1 Å². The second kappa shape index (κ2) is 12.4. The van der Waals surface area contributed by atoms with E-state index in [1.165, 1.54) is 27.7 Å². The molecule has 2 rings (SSSR count). The van der Waals surface area contributed by atoms with E-state index < -0.39 is 54.5 Å². The fourth-order valence-electron chi connectivity index (χ4n) is 3.64. The van der Waals surface area contributed by atoms with Gasteiger partial charge in [-0.25, -0.2) is 0 Å². The van der Waals surface area contributed by atoms with Crippen LogP contribution in [0.25, 0.3) is 0 Å². The Balaban J connectivity index is 2.41. The van der Waals surface area contributed by atoms with Crippen molar-refractivity contribution in [2.24, 2.45) is 0 Å². The SMILES string of the molecule is CC[C@H](C)c1ccc(O[C@H]2O[C@@H](COC(C)=O)[C@@H](OC(C)=O)[C@@H](OC(C)=O)[C@H]2NC(C)=O)cc1. The molecule has 0 aromatic heterocycles. The van der Waals surface area contributed by atoms with Gasteiger partial charge in [-0.15, -0.1) is 0 Å². The number of esters is 3. The van der Waals surface area contributed by atoms with Gasteiger partial charge in [0, 0.05) is 27.7 Å². The molecule has 0 radical (unpaired) electrons. The van der Waals surface area contributed by atoms with E-state index >= 15 is 0 Å². The van der Waals surface area contributed by atoms with Crippen LogP contribution in [0.3, 0.4) is 0 Å². The van der Waals surface area contributed by atoms with E-state index in [1.807, 2.05) is 12.1 Å². The number of ether oxygens (including phenoxy) is 5. The van der Waals surface area contributed by atoms with Gasteiger partial charge in [-0.05, 0) is 30.0 Å². The van der Waals surface area contributed by atoms with E-state index in [2.05, 4.69) is 19.2 Å². The van der Waals surface area contributed by atoms with Gasteiger partial charge in [0.25, 0.3) is 0 Å². The lowest BCUT2D eigenvalue weighted by molar-refractivity contribution is -0.257. The predicted molar refractivity (Wildman–Crippen MR) is 120 cm³/mol. The Hall–Kier alpha value is -3.14. The van der Waals surface area contributed by atoms with Crippen LogP contribution in [-0.2, 0) is 38.1 Å². The van der Waals surface area contributed by atoms with Crippen molar-refractivity contribution < 1.29 is 42.9 Å². The minimum Gasteiger partial charge on any atom is -0.463 e. The number of carbonyl (C=O) groups is 4. The van der Waals surface area contributed by atoms with E-state index in [1.54, 1.807) is 12.1 Å². The van der Waals surface area contributed by atoms with Crippen LogP contribution in [-0.4, -0.2) is 61.1 Å². The van der Waals surface area contributed by atoms with Crippen molar-refractivity contribution in [3.05, 3.63) is 29.8 Å². The molecule has 0 unspecified atom stereocenters. The highest BCUT2D eigenvalue weighted by atomic mass is 16.7. The quantitative estimate of drug-likeness (QED) is 0.419. The third-order valence-electron chi connectivity index (χ3n) is 5.38. The van der Waals surface area contributed by atoms with E-state index in [0.717, 1.165) is 12.0 Å². The number of rotatable bonds is 9. The predicted octanol–water partition coefficient (Wildman–Crippen LogP) is 2.23. The van der Waals surface area contributed by atoms with Gasteiger partial charge < -0.3 is 29.0 Å². The maximum absolute atomic E-state index is 12.0. The lowest BCUT2D eigenvalue weighted by Gasteiger charge is -2.44. The van der Waals surface area contributed by atoms with Gasteiger partial charge in [-0.2, -0.15) is 0 Å². The number of amides is 1. The molecule has 1 aliphatic heterocycles. The maximum Gasteiger partial charge on any atom is 0.303 e. The van der Waals surface area contributed by atoms with E-state index in [0.29, 0.717) is 11.7 Å². The monoisotopic (exact) mass is 479 g/mol. The summed E-state index contributed by atoms with van der Waals surface area (Å²) in [5.74, 6) is -1.52. The van der Waals surface area contributed by atoms with Crippen molar-refractivity contribution in [3.8, 4) is 5.75 Å². The summed E-state index contributed by atoms with van der Waals surface area (Å²) in [7, 11) is 0. The normalized spacial score (nSPS) is 24.9. The zero-order chi connectivity index (χ0) is 25.4. The van der Waals surface area contributed by atoms with Gasteiger partial charge in [0.2, 0.25) is 12.2 Å². The van der Waals surface area contributed by atoms with Crippen molar-refractivity contribution in [1.82, 2.24) is 5.32 Å².